The standard InChI is InChI=1S/C32H45N5O5S.2ClH/c1-5-42-23-15-22-16-37(32(40)28(21-11-7-6-8-12-21)35-30(39)20(2)33-3)26(18-36(22)17-23)31-34-25(19-43-31)29(38)24-13-9-10-14-27(24)41-4;;/h9-10,13-14,19-23,26,28,33H,5-8,11-12,15-18H2,1-4H3,(H,35,39);2*1H/t20-,22+,23+,26-,28-;;/m0../s1. The van der Waals surface area contributed by atoms with Crippen LogP contribution in [0.25, 0.3) is 0 Å². The quantitative estimate of drug-likeness (QED) is 0.338. The summed E-state index contributed by atoms with van der Waals surface area (Å²) in [5.74, 6) is 0.156. The molecule has 2 saturated heterocycles. The molecule has 0 spiro atoms. The van der Waals surface area contributed by atoms with Crippen LogP contribution in [-0.4, -0.2) is 97.0 Å². The summed E-state index contributed by atoms with van der Waals surface area (Å²) in [7, 11) is 3.29. The van der Waals surface area contributed by atoms with E-state index in [1.165, 1.54) is 11.3 Å². The van der Waals surface area contributed by atoms with Gasteiger partial charge in [0.2, 0.25) is 17.6 Å². The fourth-order valence-electron chi connectivity index (χ4n) is 6.79. The number of hydrogen-bond donors (Lipinski definition) is 2. The van der Waals surface area contributed by atoms with Crippen molar-refractivity contribution >= 4 is 53.7 Å². The third kappa shape index (κ3) is 8.36. The van der Waals surface area contributed by atoms with Gasteiger partial charge in [0.1, 0.15) is 22.5 Å². The van der Waals surface area contributed by atoms with Crippen molar-refractivity contribution in [3.63, 3.8) is 0 Å². The van der Waals surface area contributed by atoms with Crippen LogP contribution >= 0.6 is 36.2 Å². The monoisotopic (exact) mass is 683 g/mol. The first kappa shape index (κ1) is 37.2. The first-order valence-corrected chi connectivity index (χ1v) is 16.5. The highest BCUT2D eigenvalue weighted by Gasteiger charge is 2.46. The van der Waals surface area contributed by atoms with Crippen molar-refractivity contribution in [2.75, 3.05) is 40.4 Å². The summed E-state index contributed by atoms with van der Waals surface area (Å²) < 4.78 is 11.4. The second-order valence-electron chi connectivity index (χ2n) is 11.9. The summed E-state index contributed by atoms with van der Waals surface area (Å²) in [4.78, 5) is 50.3. The number of halogens is 2. The second-order valence-corrected chi connectivity index (χ2v) is 12.8. The normalized spacial score (nSPS) is 23.2. The number of aromatic nitrogens is 1. The van der Waals surface area contributed by atoms with E-state index in [4.69, 9.17) is 14.5 Å². The van der Waals surface area contributed by atoms with E-state index in [0.29, 0.717) is 36.7 Å². The van der Waals surface area contributed by atoms with Gasteiger partial charge in [0.15, 0.2) is 0 Å². The molecule has 2 amide bonds. The molecule has 10 nitrogen and oxygen atoms in total. The van der Waals surface area contributed by atoms with Gasteiger partial charge >= 0.3 is 0 Å². The van der Waals surface area contributed by atoms with Gasteiger partial charge in [0, 0.05) is 37.7 Å². The minimum atomic E-state index is -0.601. The maximum Gasteiger partial charge on any atom is 0.246 e. The Bertz CT molecular complexity index is 1290. The average molecular weight is 685 g/mol. The van der Waals surface area contributed by atoms with E-state index in [1.807, 2.05) is 30.9 Å². The zero-order chi connectivity index (χ0) is 30.5. The highest BCUT2D eigenvalue weighted by atomic mass is 35.5. The topological polar surface area (TPSA) is 113 Å². The number of rotatable bonds is 11. The van der Waals surface area contributed by atoms with E-state index < -0.39 is 12.1 Å². The van der Waals surface area contributed by atoms with Crippen LogP contribution in [0.2, 0.25) is 0 Å². The van der Waals surface area contributed by atoms with Gasteiger partial charge in [-0.15, -0.1) is 36.2 Å². The number of amides is 2. The third-order valence-electron chi connectivity index (χ3n) is 9.27. The van der Waals surface area contributed by atoms with Gasteiger partial charge < -0.3 is 25.0 Å². The van der Waals surface area contributed by atoms with Gasteiger partial charge in [-0.1, -0.05) is 31.4 Å². The number of nitrogens with one attached hydrogen (secondary N) is 2. The number of fused-ring (bicyclic) bond motifs is 1. The third-order valence-corrected chi connectivity index (χ3v) is 10.2. The van der Waals surface area contributed by atoms with Gasteiger partial charge in [0.25, 0.3) is 0 Å². The van der Waals surface area contributed by atoms with E-state index in [2.05, 4.69) is 15.5 Å². The summed E-state index contributed by atoms with van der Waals surface area (Å²) in [5, 5.41) is 8.64. The molecule has 0 radical (unpaired) electrons. The highest BCUT2D eigenvalue weighted by molar-refractivity contribution is 7.10. The lowest BCUT2D eigenvalue weighted by atomic mass is 9.82. The number of benzene rings is 1. The first-order valence-electron chi connectivity index (χ1n) is 15.6. The Balaban J connectivity index is 0.00000276. The molecule has 0 unspecified atom stereocenters. The summed E-state index contributed by atoms with van der Waals surface area (Å²) in [6.45, 7) is 6.41. The number of ketones is 1. The molecule has 1 aliphatic carbocycles. The van der Waals surface area contributed by atoms with E-state index in [1.54, 1.807) is 31.7 Å². The Morgan fingerprint density at radius 1 is 1.09 bits per heavy atom. The van der Waals surface area contributed by atoms with Crippen LogP contribution in [0.5, 0.6) is 5.75 Å². The van der Waals surface area contributed by atoms with E-state index in [-0.39, 0.29) is 66.5 Å². The molecule has 250 valence electrons. The summed E-state index contributed by atoms with van der Waals surface area (Å²) in [6, 6.07) is 5.97. The SMILES string of the molecule is CCO[C@@H]1C[C@@H]2CN(C(=O)[C@@H](NC(=O)[C@H](C)NC)C3CCCCC3)[C@H](c3nc(C(=O)c4ccccc4OC)cs3)CN2C1.Cl.Cl. The molecule has 45 heavy (non-hydrogen) atoms. The molecule has 3 fully saturated rings. The van der Waals surface area contributed by atoms with Crippen LogP contribution in [0.4, 0.5) is 0 Å². The van der Waals surface area contributed by atoms with Gasteiger partial charge in [0.05, 0.1) is 30.9 Å². The molecule has 1 aromatic heterocycles. The first-order chi connectivity index (χ1) is 20.8. The number of likely N-dealkylation sites (N-methyl/N-ethyl adjacent to an activating group) is 1. The number of para-hydroxylation sites is 1. The number of methoxy groups -OCH3 is 1. The number of piperazine rings is 1. The number of hydrogen-bond acceptors (Lipinski definition) is 9. The Hall–Kier alpha value is -2.28. The molecule has 3 aliphatic rings. The zero-order valence-electron chi connectivity index (χ0n) is 26.5. The average Bonchev–Trinajstić information content (AvgIpc) is 3.69. The van der Waals surface area contributed by atoms with Crippen molar-refractivity contribution in [3.05, 3.63) is 45.9 Å². The Kier molecular flexibility index (Phi) is 14.1. The summed E-state index contributed by atoms with van der Waals surface area (Å²) >= 11 is 1.41. The molecule has 2 aromatic rings. The van der Waals surface area contributed by atoms with Crippen LogP contribution in [0, 0.1) is 5.92 Å². The van der Waals surface area contributed by atoms with Crippen molar-refractivity contribution < 1.29 is 23.9 Å². The van der Waals surface area contributed by atoms with Crippen molar-refractivity contribution in [2.45, 2.75) is 82.6 Å². The van der Waals surface area contributed by atoms with Gasteiger partial charge in [-0.3, -0.25) is 19.3 Å². The molecular weight excluding hydrogens is 637 g/mol. The lowest BCUT2D eigenvalue weighted by Crippen LogP contribution is -2.61. The second kappa shape index (κ2) is 17.0. The fourth-order valence-corrected chi connectivity index (χ4v) is 7.69. The minimum Gasteiger partial charge on any atom is -0.496 e. The van der Waals surface area contributed by atoms with Crippen LogP contribution in [-0.2, 0) is 14.3 Å². The number of carbonyl (C=O) groups excluding carboxylic acids is 3. The predicted molar refractivity (Wildman–Crippen MR) is 180 cm³/mol. The van der Waals surface area contributed by atoms with Crippen molar-refractivity contribution in [3.8, 4) is 5.75 Å². The van der Waals surface area contributed by atoms with Crippen LogP contribution in [0.1, 0.15) is 79.5 Å². The lowest BCUT2D eigenvalue weighted by molar-refractivity contribution is -0.144. The van der Waals surface area contributed by atoms with Crippen molar-refractivity contribution in [1.82, 2.24) is 25.4 Å². The maximum absolute atomic E-state index is 14.6. The Morgan fingerprint density at radius 3 is 2.51 bits per heavy atom. The van der Waals surface area contributed by atoms with Gasteiger partial charge in [-0.2, -0.15) is 0 Å². The number of carbonyl (C=O) groups is 3. The smallest absolute Gasteiger partial charge is 0.246 e. The number of nitrogens with zero attached hydrogens (tertiary/aromatic N) is 3. The fraction of sp³-hybridized carbons (Fsp3) is 0.625. The van der Waals surface area contributed by atoms with Crippen LogP contribution < -0.4 is 15.4 Å². The summed E-state index contributed by atoms with van der Waals surface area (Å²) in [6.07, 6.45) is 6.08. The van der Waals surface area contributed by atoms with Crippen molar-refractivity contribution in [2.24, 2.45) is 5.92 Å². The Morgan fingerprint density at radius 2 is 1.82 bits per heavy atom. The van der Waals surface area contributed by atoms with Crippen LogP contribution in [0.3, 0.4) is 0 Å². The van der Waals surface area contributed by atoms with E-state index in [0.717, 1.165) is 50.1 Å². The zero-order valence-corrected chi connectivity index (χ0v) is 29.0. The molecule has 5 rings (SSSR count). The number of ether oxygens (including phenoxy) is 2. The molecular formula is C32H47Cl2N5O5S. The van der Waals surface area contributed by atoms with E-state index in [9.17, 15) is 14.4 Å². The van der Waals surface area contributed by atoms with Crippen LogP contribution in [0.15, 0.2) is 29.6 Å². The predicted octanol–water partition coefficient (Wildman–Crippen LogP) is 4.26. The molecule has 13 heteroatoms. The van der Waals surface area contributed by atoms with E-state index >= 15 is 0 Å². The van der Waals surface area contributed by atoms with Crippen molar-refractivity contribution in [1.29, 1.82) is 0 Å². The largest absolute Gasteiger partial charge is 0.496 e. The Labute approximate surface area is 282 Å². The minimum absolute atomic E-state index is 0. The highest BCUT2D eigenvalue weighted by Crippen LogP contribution is 2.37. The molecule has 1 saturated carbocycles. The maximum atomic E-state index is 14.6. The van der Waals surface area contributed by atoms with Gasteiger partial charge in [-0.05, 0) is 58.2 Å². The molecule has 5 atom stereocenters. The molecule has 2 N–H and O–H groups in total. The molecule has 1 aromatic carbocycles. The summed E-state index contributed by atoms with van der Waals surface area (Å²) in [5.41, 5.74) is 0.795. The molecule has 3 heterocycles. The number of thiazole rings is 1. The van der Waals surface area contributed by atoms with Gasteiger partial charge in [-0.25, -0.2) is 4.98 Å². The molecule has 2 aliphatic heterocycles. The molecule has 0 bridgehead atoms. The lowest BCUT2D eigenvalue weighted by Gasteiger charge is -2.45.